The van der Waals surface area contributed by atoms with E-state index in [0.717, 1.165) is 38.2 Å². The van der Waals surface area contributed by atoms with Gasteiger partial charge < -0.3 is 15.0 Å². The van der Waals surface area contributed by atoms with E-state index in [-0.39, 0.29) is 33.2 Å². The van der Waals surface area contributed by atoms with Gasteiger partial charge in [0.25, 0.3) is 0 Å². The van der Waals surface area contributed by atoms with Gasteiger partial charge in [-0.25, -0.2) is 13.1 Å². The van der Waals surface area contributed by atoms with Gasteiger partial charge in [-0.2, -0.15) is 0 Å². The zero-order chi connectivity index (χ0) is 42.2. The van der Waals surface area contributed by atoms with Crippen molar-refractivity contribution in [2.24, 2.45) is 63.7 Å². The molecule has 0 aromatic carbocycles. The number of carbonyl (C=O) groups excluding carboxylic acids is 1. The molecule has 7 aliphatic rings. The van der Waals surface area contributed by atoms with Crippen LogP contribution >= 0.6 is 0 Å². The van der Waals surface area contributed by atoms with Gasteiger partial charge in [-0.05, 0) is 170 Å². The average molecular weight is 833 g/mol. The molecule has 10 nitrogen and oxygen atoms in total. The lowest BCUT2D eigenvalue weighted by Crippen LogP contribution is -2.68. The first kappa shape index (κ1) is 43.3. The number of carbonyl (C=O) groups is 1. The number of hydrogen-bond donors (Lipinski definition) is 1. The minimum absolute atomic E-state index is 0.0484. The van der Waals surface area contributed by atoms with Crippen LogP contribution in [0.15, 0.2) is 35.5 Å². The number of aryl methyl sites for hydroxylation is 2. The van der Waals surface area contributed by atoms with Crippen molar-refractivity contribution in [2.45, 2.75) is 144 Å². The maximum absolute atomic E-state index is 13.6. The molecule has 1 aromatic heterocycles. The number of rotatable bonds is 11. The highest BCUT2D eigenvalue weighted by molar-refractivity contribution is 7.91. The van der Waals surface area contributed by atoms with Crippen molar-refractivity contribution in [2.75, 3.05) is 44.3 Å². The second-order valence-electron chi connectivity index (χ2n) is 22.0. The van der Waals surface area contributed by atoms with E-state index in [2.05, 4.69) is 86.0 Å². The summed E-state index contributed by atoms with van der Waals surface area (Å²) in [4.78, 5) is 16.0. The lowest BCUT2D eigenvalue weighted by Gasteiger charge is -2.72. The molecule has 59 heavy (non-hydrogen) atoms. The van der Waals surface area contributed by atoms with Gasteiger partial charge >= 0.3 is 5.97 Å². The van der Waals surface area contributed by atoms with Gasteiger partial charge in [0.2, 0.25) is 0 Å². The first-order chi connectivity index (χ1) is 27.8. The summed E-state index contributed by atoms with van der Waals surface area (Å²) >= 11 is 0. The Morgan fingerprint density at radius 1 is 0.949 bits per heavy atom. The Balaban J connectivity index is 1.01. The van der Waals surface area contributed by atoms with Crippen LogP contribution < -0.4 is 5.32 Å². The quantitative estimate of drug-likeness (QED) is 0.175. The molecule has 0 amide bonds. The number of allylic oxidation sites excluding steroid dienone is 5. The molecule has 6 aliphatic carbocycles. The molecule has 328 valence electrons. The number of nitrogens with one attached hydrogen (secondary N) is 1. The minimum atomic E-state index is -2.87. The second-order valence-corrected chi connectivity index (χ2v) is 24.3. The molecule has 1 unspecified atom stereocenters. The zero-order valence-electron chi connectivity index (χ0n) is 37.9. The van der Waals surface area contributed by atoms with Crippen LogP contribution in [0, 0.1) is 56.7 Å². The highest BCUT2D eigenvalue weighted by Crippen LogP contribution is 2.76. The van der Waals surface area contributed by atoms with Gasteiger partial charge in [0.05, 0.1) is 23.5 Å². The van der Waals surface area contributed by atoms with Crippen molar-refractivity contribution in [3.8, 4) is 0 Å². The first-order valence-electron chi connectivity index (χ1n) is 23.5. The summed E-state index contributed by atoms with van der Waals surface area (Å²) in [6.07, 6.45) is 20.1. The summed E-state index contributed by atoms with van der Waals surface area (Å²) in [6.45, 7) is 25.7. The molecular formula is C48H76N6O4S. The third kappa shape index (κ3) is 7.05. The monoisotopic (exact) mass is 833 g/mol. The lowest BCUT2D eigenvalue weighted by molar-refractivity contribution is -0.221. The number of hydrogen-bond acceptors (Lipinski definition) is 9. The van der Waals surface area contributed by atoms with Gasteiger partial charge in [0.1, 0.15) is 0 Å². The van der Waals surface area contributed by atoms with Gasteiger partial charge in [0.15, 0.2) is 15.7 Å². The van der Waals surface area contributed by atoms with Gasteiger partial charge in [-0.3, -0.25) is 4.79 Å². The van der Waals surface area contributed by atoms with E-state index in [1.54, 1.807) is 4.68 Å². The van der Waals surface area contributed by atoms with Crippen LogP contribution in [0.25, 0.3) is 0 Å². The van der Waals surface area contributed by atoms with Gasteiger partial charge in [0, 0.05) is 45.2 Å². The minimum Gasteiger partial charge on any atom is -0.466 e. The van der Waals surface area contributed by atoms with Gasteiger partial charge in [-0.15, -0.1) is 5.10 Å². The number of esters is 1. The molecule has 0 bridgehead atoms. The largest absolute Gasteiger partial charge is 0.466 e. The molecule has 2 heterocycles. The Hall–Kier alpha value is -2.37. The molecule has 4 saturated carbocycles. The van der Waals surface area contributed by atoms with Crippen molar-refractivity contribution in [3.05, 3.63) is 41.3 Å². The van der Waals surface area contributed by atoms with Crippen LogP contribution in [0.4, 0.5) is 0 Å². The van der Waals surface area contributed by atoms with Crippen LogP contribution in [-0.2, 0) is 32.8 Å². The number of nitrogens with zero attached hydrogens (tertiary/aromatic N) is 5. The van der Waals surface area contributed by atoms with E-state index >= 15 is 0 Å². The highest BCUT2D eigenvalue weighted by Gasteiger charge is 2.70. The average Bonchev–Trinajstić information content (AvgIpc) is 3.78. The van der Waals surface area contributed by atoms with Gasteiger partial charge in [-0.1, -0.05) is 58.9 Å². The van der Waals surface area contributed by atoms with E-state index in [1.165, 1.54) is 68.1 Å². The standard InChI is InChI=1S/C48H76N6O4S/c1-10-58-42(55)47(23-18-40-50-51-52-53(40)9)21-13-34(14-22-47)36-16-19-44(6)38(43(36,4)5)17-20-46(8)39(44)12-11-37-41-35(33(2)3)15-24-48(41,26-25-45(37,46)7)49-27-28-54-29-31-59(56,57)32-30-54/h13,16,35,37-39,41,49H,2,10-12,14-15,17-32H2,1,3-9H3/t35-,37+,38-,39+,41+,44-,45+,46+,47?,48-/m0/s1. The third-order valence-corrected chi connectivity index (χ3v) is 20.8. The number of tetrazole rings is 1. The lowest BCUT2D eigenvalue weighted by atomic mass is 9.33. The number of aromatic nitrogens is 4. The van der Waals surface area contributed by atoms with Crippen LogP contribution in [-0.4, -0.2) is 89.3 Å². The molecule has 8 rings (SSSR count). The predicted molar refractivity (Wildman–Crippen MR) is 234 cm³/mol. The fourth-order valence-corrected chi connectivity index (χ4v) is 17.1. The van der Waals surface area contributed by atoms with E-state index in [9.17, 15) is 13.2 Å². The Kier molecular flexibility index (Phi) is 11.3. The molecule has 10 atom stereocenters. The molecule has 1 aliphatic heterocycles. The molecule has 0 spiro atoms. The van der Waals surface area contributed by atoms with Crippen molar-refractivity contribution in [1.82, 2.24) is 30.4 Å². The SMILES string of the molecule is C=C(C)[C@@H]1CC[C@]2(NCCN3CCS(=O)(=O)CC3)CC[C@]3(C)[C@H](CC[C@@H]4[C@@]5(C)CC=C(C6=CCC(CCc7nnnn7C)(C(=O)OCC)CC6)C(C)(C)[C@@H]5CC[C@]43C)[C@@H]12. The summed E-state index contributed by atoms with van der Waals surface area (Å²) in [5.74, 6) is 4.46. The zero-order valence-corrected chi connectivity index (χ0v) is 38.7. The van der Waals surface area contributed by atoms with Crippen molar-refractivity contribution in [1.29, 1.82) is 0 Å². The normalized spacial score (nSPS) is 41.4. The fraction of sp³-hybridized carbons (Fsp3) is 0.833. The Morgan fingerprint density at radius 2 is 1.71 bits per heavy atom. The molecule has 5 fully saturated rings. The third-order valence-electron chi connectivity index (χ3n) is 19.2. The number of ether oxygens (including phenoxy) is 1. The summed E-state index contributed by atoms with van der Waals surface area (Å²) in [6, 6.07) is 0. The Labute approximate surface area is 356 Å². The maximum atomic E-state index is 13.6. The molecular weight excluding hydrogens is 757 g/mol. The van der Waals surface area contributed by atoms with Crippen LogP contribution in [0.3, 0.4) is 0 Å². The second kappa shape index (κ2) is 15.5. The first-order valence-corrected chi connectivity index (χ1v) is 25.3. The molecule has 1 aromatic rings. The topological polar surface area (TPSA) is 119 Å². The summed E-state index contributed by atoms with van der Waals surface area (Å²) < 4.78 is 31.6. The van der Waals surface area contributed by atoms with Crippen molar-refractivity contribution in [3.63, 3.8) is 0 Å². The van der Waals surface area contributed by atoms with E-state index in [0.29, 0.717) is 80.1 Å². The Morgan fingerprint density at radius 3 is 2.37 bits per heavy atom. The maximum Gasteiger partial charge on any atom is 0.312 e. The van der Waals surface area contributed by atoms with Crippen LogP contribution in [0.5, 0.6) is 0 Å². The highest BCUT2D eigenvalue weighted by atomic mass is 32.2. The van der Waals surface area contributed by atoms with E-state index < -0.39 is 15.3 Å². The smallest absolute Gasteiger partial charge is 0.312 e. The van der Waals surface area contributed by atoms with Crippen LogP contribution in [0.2, 0.25) is 0 Å². The predicted octanol–water partition coefficient (Wildman–Crippen LogP) is 8.07. The van der Waals surface area contributed by atoms with Crippen molar-refractivity contribution < 1.29 is 17.9 Å². The summed E-state index contributed by atoms with van der Waals surface area (Å²) in [5, 5.41) is 16.3. The fourth-order valence-electron chi connectivity index (χ4n) is 15.8. The molecule has 11 heteroatoms. The summed E-state index contributed by atoms with van der Waals surface area (Å²) in [5.41, 5.74) is 4.80. The molecule has 0 radical (unpaired) electrons. The summed E-state index contributed by atoms with van der Waals surface area (Å²) in [7, 11) is -1.01. The van der Waals surface area contributed by atoms with E-state index in [4.69, 9.17) is 4.74 Å². The molecule has 1 N–H and O–H groups in total. The van der Waals surface area contributed by atoms with E-state index in [1.807, 2.05) is 14.0 Å². The molecule has 1 saturated heterocycles. The number of fused-ring (bicyclic) bond motifs is 7. The van der Waals surface area contributed by atoms with Crippen molar-refractivity contribution >= 4 is 15.8 Å². The van der Waals surface area contributed by atoms with Crippen LogP contribution in [0.1, 0.15) is 138 Å². The number of sulfone groups is 1. The Bertz CT molecular complexity index is 1960.